The average molecular weight is 483 g/mol. The molecule has 7 nitrogen and oxygen atoms in total. The lowest BCUT2D eigenvalue weighted by atomic mass is 9.96. The molecule has 34 heavy (non-hydrogen) atoms. The Morgan fingerprint density at radius 3 is 2.53 bits per heavy atom. The number of fused-ring (bicyclic) bond motifs is 1. The maximum Gasteiger partial charge on any atom is 0.223 e. The van der Waals surface area contributed by atoms with E-state index in [-0.39, 0.29) is 17.6 Å². The molecule has 0 radical (unpaired) electrons. The van der Waals surface area contributed by atoms with Crippen LogP contribution in [0, 0.1) is 11.7 Å². The highest BCUT2D eigenvalue weighted by molar-refractivity contribution is 7.21. The molecule has 0 saturated carbocycles. The molecule has 9 heteroatoms. The number of amides is 1. The van der Waals surface area contributed by atoms with Crippen LogP contribution < -0.4 is 15.1 Å². The van der Waals surface area contributed by atoms with Crippen molar-refractivity contribution >= 4 is 38.4 Å². The fourth-order valence-electron chi connectivity index (χ4n) is 4.77. The van der Waals surface area contributed by atoms with Gasteiger partial charge in [-0.1, -0.05) is 11.3 Å². The van der Waals surface area contributed by atoms with Crippen LogP contribution in [0.4, 0.5) is 15.2 Å². The molecule has 1 N–H and O–H groups in total. The van der Waals surface area contributed by atoms with Crippen molar-refractivity contribution in [1.29, 1.82) is 0 Å². The van der Waals surface area contributed by atoms with Crippen LogP contribution in [0.2, 0.25) is 0 Å². The lowest BCUT2D eigenvalue weighted by Crippen LogP contribution is -2.47. The topological polar surface area (TPSA) is 64.6 Å². The summed E-state index contributed by atoms with van der Waals surface area (Å²) in [4.78, 5) is 29.7. The van der Waals surface area contributed by atoms with Gasteiger partial charge in [-0.3, -0.25) is 9.69 Å². The second-order valence-electron chi connectivity index (χ2n) is 9.04. The molecule has 2 fully saturated rings. The van der Waals surface area contributed by atoms with Crippen LogP contribution in [0.25, 0.3) is 10.3 Å². The maximum absolute atomic E-state index is 13.1. The first kappa shape index (κ1) is 23.0. The summed E-state index contributed by atoms with van der Waals surface area (Å²) in [5.41, 5.74) is 2.03. The molecule has 180 valence electrons. The summed E-state index contributed by atoms with van der Waals surface area (Å²) in [6.07, 6.45) is 4.48. The summed E-state index contributed by atoms with van der Waals surface area (Å²) in [5.74, 6) is 0.0792. The molecule has 4 heterocycles. The van der Waals surface area contributed by atoms with Gasteiger partial charge >= 0.3 is 0 Å². The van der Waals surface area contributed by atoms with Gasteiger partial charge in [0.2, 0.25) is 5.91 Å². The van der Waals surface area contributed by atoms with Crippen molar-refractivity contribution in [2.75, 3.05) is 62.2 Å². The first-order valence-corrected chi connectivity index (χ1v) is 12.9. The van der Waals surface area contributed by atoms with Crippen LogP contribution in [0.15, 0.2) is 42.6 Å². The van der Waals surface area contributed by atoms with E-state index in [1.807, 2.05) is 24.3 Å². The summed E-state index contributed by atoms with van der Waals surface area (Å²) < 4.78 is 13.1. The quantitative estimate of drug-likeness (QED) is 0.521. The van der Waals surface area contributed by atoms with Gasteiger partial charge in [0.1, 0.15) is 16.2 Å². The van der Waals surface area contributed by atoms with Crippen LogP contribution in [0.3, 0.4) is 0 Å². The summed E-state index contributed by atoms with van der Waals surface area (Å²) in [6.45, 7) is 7.30. The van der Waals surface area contributed by atoms with Crippen molar-refractivity contribution in [2.24, 2.45) is 5.92 Å². The summed E-state index contributed by atoms with van der Waals surface area (Å²) >= 11 is 1.62. The first-order valence-electron chi connectivity index (χ1n) is 12.1. The fraction of sp³-hybridized carbons (Fsp3) is 0.480. The molecule has 0 spiro atoms. The van der Waals surface area contributed by atoms with Crippen LogP contribution in [-0.2, 0) is 4.79 Å². The number of thiazole rings is 1. The molecule has 1 aromatic carbocycles. The van der Waals surface area contributed by atoms with Crippen molar-refractivity contribution in [2.45, 2.75) is 19.3 Å². The smallest absolute Gasteiger partial charge is 0.223 e. The minimum absolute atomic E-state index is 0.0861. The van der Waals surface area contributed by atoms with E-state index in [2.05, 4.69) is 25.0 Å². The molecule has 0 unspecified atom stereocenters. The lowest BCUT2D eigenvalue weighted by Gasteiger charge is -2.36. The van der Waals surface area contributed by atoms with E-state index in [4.69, 9.17) is 4.98 Å². The fourth-order valence-corrected chi connectivity index (χ4v) is 5.73. The van der Waals surface area contributed by atoms with E-state index in [0.717, 1.165) is 92.8 Å². The number of aromatic nitrogens is 2. The van der Waals surface area contributed by atoms with Crippen LogP contribution >= 0.6 is 11.3 Å². The molecule has 2 aromatic heterocycles. The van der Waals surface area contributed by atoms with Crippen LogP contribution in [-0.4, -0.2) is 73.1 Å². The minimum Gasteiger partial charge on any atom is -0.369 e. The number of pyridine rings is 1. The number of halogens is 1. The normalized spacial score (nSPS) is 17.9. The molecule has 0 aliphatic carbocycles. The van der Waals surface area contributed by atoms with E-state index in [1.165, 1.54) is 12.1 Å². The van der Waals surface area contributed by atoms with Gasteiger partial charge in [0.25, 0.3) is 0 Å². The minimum atomic E-state index is -0.194. The summed E-state index contributed by atoms with van der Waals surface area (Å²) in [6, 6.07) is 10.6. The van der Waals surface area contributed by atoms with Gasteiger partial charge in [-0.2, -0.15) is 0 Å². The molecule has 2 aliphatic heterocycles. The molecule has 2 saturated heterocycles. The van der Waals surface area contributed by atoms with E-state index in [0.29, 0.717) is 0 Å². The molecule has 2 aliphatic rings. The van der Waals surface area contributed by atoms with Gasteiger partial charge in [0.15, 0.2) is 5.13 Å². The third kappa shape index (κ3) is 5.47. The van der Waals surface area contributed by atoms with E-state index < -0.39 is 0 Å². The van der Waals surface area contributed by atoms with E-state index >= 15 is 0 Å². The number of piperazine rings is 1. The van der Waals surface area contributed by atoms with Gasteiger partial charge in [-0.25, -0.2) is 14.4 Å². The first-order chi connectivity index (χ1) is 16.7. The van der Waals surface area contributed by atoms with Crippen molar-refractivity contribution in [3.8, 4) is 0 Å². The zero-order valence-electron chi connectivity index (χ0n) is 19.3. The third-order valence-corrected chi connectivity index (χ3v) is 7.85. The second kappa shape index (κ2) is 10.7. The van der Waals surface area contributed by atoms with E-state index in [1.54, 1.807) is 17.5 Å². The highest BCUT2D eigenvalue weighted by Crippen LogP contribution is 2.30. The Bertz CT molecular complexity index is 1060. The van der Waals surface area contributed by atoms with Crippen molar-refractivity contribution in [3.05, 3.63) is 48.4 Å². The molecule has 0 atom stereocenters. The third-order valence-electron chi connectivity index (χ3n) is 6.81. The predicted molar refractivity (Wildman–Crippen MR) is 135 cm³/mol. The number of carbonyl (C=O) groups excluding carboxylic acids is 1. The monoisotopic (exact) mass is 482 g/mol. The van der Waals surface area contributed by atoms with Crippen LogP contribution in [0.1, 0.15) is 19.3 Å². The Morgan fingerprint density at radius 1 is 1.03 bits per heavy atom. The second-order valence-corrected chi connectivity index (χ2v) is 9.99. The zero-order chi connectivity index (χ0) is 23.3. The molecule has 3 aromatic rings. The van der Waals surface area contributed by atoms with Crippen molar-refractivity contribution in [1.82, 2.24) is 20.2 Å². The zero-order valence-corrected chi connectivity index (χ0v) is 20.1. The Balaban J connectivity index is 0.983. The van der Waals surface area contributed by atoms with E-state index in [9.17, 15) is 9.18 Å². The number of hydrogen-bond donors (Lipinski definition) is 1. The molecule has 0 bridgehead atoms. The Morgan fingerprint density at radius 2 is 1.79 bits per heavy atom. The number of carbonyl (C=O) groups is 1. The number of hydrogen-bond acceptors (Lipinski definition) is 7. The molecule has 5 rings (SSSR count). The Labute approximate surface area is 203 Å². The van der Waals surface area contributed by atoms with Gasteiger partial charge in [0.05, 0.1) is 0 Å². The standard InChI is InChI=1S/C25H31FN6OS/c26-20-4-6-21(7-5-20)31-17-15-30(16-18-31)12-2-11-27-23(33)19-8-13-32(14-9-19)25-29-22-3-1-10-28-24(22)34-25/h1,3-7,10,19H,2,8-9,11-18H2,(H,27,33). The number of benzene rings is 1. The average Bonchev–Trinajstić information content (AvgIpc) is 3.32. The Hall–Kier alpha value is -2.78. The number of nitrogens with one attached hydrogen (secondary N) is 1. The van der Waals surface area contributed by atoms with Crippen LogP contribution in [0.5, 0.6) is 0 Å². The maximum atomic E-state index is 13.1. The number of nitrogens with zero attached hydrogens (tertiary/aromatic N) is 5. The number of anilines is 2. The SMILES string of the molecule is O=C(NCCCN1CCN(c2ccc(F)cc2)CC1)C1CCN(c2nc3cccnc3s2)CC1. The molecular weight excluding hydrogens is 451 g/mol. The highest BCUT2D eigenvalue weighted by Gasteiger charge is 2.26. The molecule has 1 amide bonds. The number of piperidine rings is 1. The van der Waals surface area contributed by atoms with Gasteiger partial charge in [0, 0.05) is 63.6 Å². The van der Waals surface area contributed by atoms with Gasteiger partial charge in [-0.05, 0) is 62.2 Å². The predicted octanol–water partition coefficient (Wildman–Crippen LogP) is 3.38. The largest absolute Gasteiger partial charge is 0.369 e. The van der Waals surface area contributed by atoms with Gasteiger partial charge in [-0.15, -0.1) is 0 Å². The molecular formula is C25H31FN6OS. The van der Waals surface area contributed by atoms with Crippen molar-refractivity contribution < 1.29 is 9.18 Å². The van der Waals surface area contributed by atoms with Gasteiger partial charge < -0.3 is 15.1 Å². The summed E-state index contributed by atoms with van der Waals surface area (Å²) in [7, 11) is 0. The summed E-state index contributed by atoms with van der Waals surface area (Å²) in [5, 5.41) is 4.16. The Kier molecular flexibility index (Phi) is 7.20. The number of rotatable bonds is 7. The lowest BCUT2D eigenvalue weighted by molar-refractivity contribution is -0.125. The highest BCUT2D eigenvalue weighted by atomic mass is 32.1. The van der Waals surface area contributed by atoms with Crippen molar-refractivity contribution in [3.63, 3.8) is 0 Å².